The Balaban J connectivity index is 1.90. The monoisotopic (exact) mass is 389 g/mol. The minimum absolute atomic E-state index is 0.269. The van der Waals surface area contributed by atoms with Crippen molar-refractivity contribution in [3.63, 3.8) is 0 Å². The summed E-state index contributed by atoms with van der Waals surface area (Å²) in [5.74, 6) is -0.745. The third-order valence-corrected chi connectivity index (χ3v) is 5.82. The van der Waals surface area contributed by atoms with Crippen LogP contribution in [-0.2, 0) is 20.7 Å². The van der Waals surface area contributed by atoms with Crippen molar-refractivity contribution in [1.82, 2.24) is 4.90 Å². The maximum Gasteiger partial charge on any atom is 0.291 e. The van der Waals surface area contributed by atoms with Gasteiger partial charge in [0.25, 0.3) is 5.91 Å². The molecule has 0 unspecified atom stereocenters. The van der Waals surface area contributed by atoms with Crippen molar-refractivity contribution in [1.29, 1.82) is 0 Å². The first-order valence-corrected chi connectivity index (χ1v) is 10.3. The molecule has 148 valence electrons. The Morgan fingerprint density at radius 3 is 2.59 bits per heavy atom. The molecule has 1 amide bonds. The van der Waals surface area contributed by atoms with Crippen LogP contribution in [-0.4, -0.2) is 40.8 Å². The molecule has 1 atom stereocenters. The van der Waals surface area contributed by atoms with E-state index >= 15 is 0 Å². The molecule has 1 aromatic carbocycles. The van der Waals surface area contributed by atoms with Gasteiger partial charge in [-0.3, -0.25) is 9.59 Å². The van der Waals surface area contributed by atoms with Crippen molar-refractivity contribution in [2.75, 3.05) is 13.2 Å². The second-order valence-corrected chi connectivity index (χ2v) is 8.24. The lowest BCUT2D eigenvalue weighted by Gasteiger charge is -2.36. The highest BCUT2D eigenvalue weighted by atomic mass is 32.1. The van der Waals surface area contributed by atoms with Gasteiger partial charge in [0.05, 0.1) is 6.61 Å². The summed E-state index contributed by atoms with van der Waals surface area (Å²) in [5, 5.41) is 0.443. The van der Waals surface area contributed by atoms with Crippen LogP contribution >= 0.6 is 12.2 Å². The fraction of sp³-hybridized carbons (Fsp3) is 0.591. The minimum Gasteiger partial charge on any atom is -0.485 e. The van der Waals surface area contributed by atoms with Crippen LogP contribution in [0.5, 0.6) is 0 Å². The molecule has 1 fully saturated rings. The fourth-order valence-electron chi connectivity index (χ4n) is 3.19. The largest absolute Gasteiger partial charge is 0.485 e. The number of Topliss-reactive ketones (excluding diaryl/α,β-unsaturated/α-hetero) is 1. The van der Waals surface area contributed by atoms with Crippen LogP contribution < -0.4 is 0 Å². The van der Waals surface area contributed by atoms with E-state index in [0.29, 0.717) is 24.6 Å². The number of ketones is 1. The number of rotatable bonds is 8. The number of thiocarbonyl (C=S) groups is 1. The van der Waals surface area contributed by atoms with Crippen molar-refractivity contribution >= 4 is 29.0 Å². The smallest absolute Gasteiger partial charge is 0.291 e. The van der Waals surface area contributed by atoms with Gasteiger partial charge in [-0.25, -0.2) is 0 Å². The summed E-state index contributed by atoms with van der Waals surface area (Å²) in [6, 6.07) is 9.99. The fourth-order valence-corrected chi connectivity index (χ4v) is 3.52. The Bertz CT molecular complexity index is 657. The van der Waals surface area contributed by atoms with E-state index in [2.05, 4.69) is 12.1 Å². The van der Waals surface area contributed by atoms with Gasteiger partial charge in [0.15, 0.2) is 5.05 Å². The SMILES string of the molecule is CCC(C)(C)C(=O)C(=O)N1CCCC[C@H]1C(=S)OCCCc1ccccc1. The number of hydrogen-bond donors (Lipinski definition) is 0. The molecule has 4 nitrogen and oxygen atoms in total. The lowest BCUT2D eigenvalue weighted by atomic mass is 9.84. The molecule has 1 heterocycles. The second-order valence-electron chi connectivity index (χ2n) is 7.83. The third kappa shape index (κ3) is 5.86. The maximum absolute atomic E-state index is 12.8. The quantitative estimate of drug-likeness (QED) is 0.377. The average Bonchev–Trinajstić information content (AvgIpc) is 2.70. The number of nitrogens with zero attached hydrogens (tertiary/aromatic N) is 1. The standard InChI is InChI=1S/C22H31NO3S/c1-4-22(2,3)19(24)20(25)23-15-9-8-14-18(23)21(27)26-16-10-13-17-11-6-5-7-12-17/h5-7,11-12,18H,4,8-10,13-16H2,1-3H3/t18-/m0/s1. The molecule has 27 heavy (non-hydrogen) atoms. The van der Waals surface area contributed by atoms with Gasteiger partial charge in [-0.15, -0.1) is 0 Å². The zero-order valence-corrected chi connectivity index (χ0v) is 17.5. The van der Waals surface area contributed by atoms with Crippen LogP contribution in [0, 0.1) is 5.41 Å². The number of ether oxygens (including phenoxy) is 1. The molecule has 0 N–H and O–H groups in total. The van der Waals surface area contributed by atoms with E-state index in [1.807, 2.05) is 39.0 Å². The topological polar surface area (TPSA) is 46.6 Å². The van der Waals surface area contributed by atoms with E-state index < -0.39 is 11.3 Å². The van der Waals surface area contributed by atoms with E-state index in [-0.39, 0.29) is 11.8 Å². The highest BCUT2D eigenvalue weighted by molar-refractivity contribution is 7.80. The average molecular weight is 390 g/mol. The molecule has 0 saturated carbocycles. The molecule has 0 spiro atoms. The molecular weight excluding hydrogens is 358 g/mol. The van der Waals surface area contributed by atoms with Crippen molar-refractivity contribution in [2.45, 2.75) is 65.3 Å². The predicted molar refractivity (Wildman–Crippen MR) is 112 cm³/mol. The minimum atomic E-state index is -0.642. The van der Waals surface area contributed by atoms with Crippen molar-refractivity contribution in [2.24, 2.45) is 5.41 Å². The number of amides is 1. The van der Waals surface area contributed by atoms with Gasteiger partial charge in [0.2, 0.25) is 5.78 Å². The molecule has 1 aromatic rings. The Morgan fingerprint density at radius 1 is 1.22 bits per heavy atom. The summed E-state index contributed by atoms with van der Waals surface area (Å²) >= 11 is 5.48. The van der Waals surface area contributed by atoms with Crippen molar-refractivity contribution < 1.29 is 14.3 Å². The zero-order valence-electron chi connectivity index (χ0n) is 16.7. The molecule has 5 heteroatoms. The van der Waals surface area contributed by atoms with Gasteiger partial charge in [-0.1, -0.05) is 51.1 Å². The highest BCUT2D eigenvalue weighted by Crippen LogP contribution is 2.26. The Hall–Kier alpha value is -1.75. The maximum atomic E-state index is 12.8. The summed E-state index contributed by atoms with van der Waals surface area (Å²) in [6.07, 6.45) is 5.10. The summed E-state index contributed by atoms with van der Waals surface area (Å²) in [5.41, 5.74) is 0.630. The third-order valence-electron chi connectivity index (χ3n) is 5.43. The Labute approximate surface area is 168 Å². The first-order valence-electron chi connectivity index (χ1n) is 9.93. The van der Waals surface area contributed by atoms with Gasteiger partial charge in [0, 0.05) is 12.0 Å². The van der Waals surface area contributed by atoms with Crippen LogP contribution in [0.15, 0.2) is 30.3 Å². The molecule has 2 rings (SSSR count). The number of carbonyl (C=O) groups excluding carboxylic acids is 2. The number of benzene rings is 1. The normalized spacial score (nSPS) is 17.4. The van der Waals surface area contributed by atoms with Crippen LogP contribution in [0.3, 0.4) is 0 Å². The molecule has 1 saturated heterocycles. The molecule has 1 aliphatic heterocycles. The Morgan fingerprint density at radius 2 is 1.93 bits per heavy atom. The number of aryl methyl sites for hydroxylation is 1. The van der Waals surface area contributed by atoms with Crippen molar-refractivity contribution in [3.05, 3.63) is 35.9 Å². The molecule has 0 bridgehead atoms. The first-order chi connectivity index (χ1) is 12.9. The molecule has 1 aliphatic rings. The van der Waals surface area contributed by atoms with Gasteiger partial charge >= 0.3 is 0 Å². The van der Waals surface area contributed by atoms with Crippen LogP contribution in [0.25, 0.3) is 0 Å². The van der Waals surface area contributed by atoms with E-state index in [1.54, 1.807) is 4.90 Å². The molecule has 0 aliphatic carbocycles. The second kappa shape index (κ2) is 9.98. The number of carbonyl (C=O) groups is 2. The molecule has 0 aromatic heterocycles. The highest BCUT2D eigenvalue weighted by Gasteiger charge is 2.39. The zero-order chi connectivity index (χ0) is 19.9. The first kappa shape index (κ1) is 21.5. The van der Waals surface area contributed by atoms with E-state index in [9.17, 15) is 9.59 Å². The predicted octanol–water partition coefficient (Wildman–Crippen LogP) is 4.35. The van der Waals surface area contributed by atoms with Gasteiger partial charge in [-0.2, -0.15) is 0 Å². The number of hydrogen-bond acceptors (Lipinski definition) is 4. The number of likely N-dealkylation sites (tertiary alicyclic amines) is 1. The summed E-state index contributed by atoms with van der Waals surface area (Å²) in [4.78, 5) is 27.0. The summed E-state index contributed by atoms with van der Waals surface area (Å²) < 4.78 is 5.80. The molecular formula is C22H31NO3S. The molecule has 0 radical (unpaired) electrons. The van der Waals surface area contributed by atoms with E-state index in [0.717, 1.165) is 32.1 Å². The van der Waals surface area contributed by atoms with Gasteiger partial charge in [-0.05, 0) is 56.3 Å². The van der Waals surface area contributed by atoms with Gasteiger partial charge in [0.1, 0.15) is 6.04 Å². The Kier molecular flexibility index (Phi) is 7.96. The van der Waals surface area contributed by atoms with Crippen LogP contribution in [0.2, 0.25) is 0 Å². The van der Waals surface area contributed by atoms with E-state index in [1.165, 1.54) is 5.56 Å². The number of piperidine rings is 1. The summed E-state index contributed by atoms with van der Waals surface area (Å²) in [6.45, 7) is 6.68. The van der Waals surface area contributed by atoms with E-state index in [4.69, 9.17) is 17.0 Å². The summed E-state index contributed by atoms with van der Waals surface area (Å²) in [7, 11) is 0. The lowest BCUT2D eigenvalue weighted by Crippen LogP contribution is -2.52. The van der Waals surface area contributed by atoms with Crippen molar-refractivity contribution in [3.8, 4) is 0 Å². The van der Waals surface area contributed by atoms with Crippen LogP contribution in [0.4, 0.5) is 0 Å². The van der Waals surface area contributed by atoms with Gasteiger partial charge < -0.3 is 9.64 Å². The van der Waals surface area contributed by atoms with Crippen LogP contribution in [0.1, 0.15) is 58.4 Å². The lowest BCUT2D eigenvalue weighted by molar-refractivity contribution is -0.150.